The first-order valence-electron chi connectivity index (χ1n) is 9.80. The summed E-state index contributed by atoms with van der Waals surface area (Å²) in [4.78, 5) is 17.7. The Balaban J connectivity index is 1.68. The summed E-state index contributed by atoms with van der Waals surface area (Å²) in [6.45, 7) is 2.44. The molecule has 0 bridgehead atoms. The van der Waals surface area contributed by atoms with Crippen molar-refractivity contribution >= 4 is 23.2 Å². The van der Waals surface area contributed by atoms with E-state index in [2.05, 4.69) is 15.4 Å². The van der Waals surface area contributed by atoms with Crippen LogP contribution in [-0.2, 0) is 6.42 Å². The highest BCUT2D eigenvalue weighted by Crippen LogP contribution is 2.38. The van der Waals surface area contributed by atoms with Crippen LogP contribution in [-0.4, -0.2) is 56.7 Å². The first-order chi connectivity index (χ1) is 14.9. The molecule has 1 aliphatic rings. The van der Waals surface area contributed by atoms with Crippen molar-refractivity contribution in [3.63, 3.8) is 0 Å². The Morgan fingerprint density at radius 3 is 3.00 bits per heavy atom. The molecule has 1 aromatic carbocycles. The minimum atomic E-state index is -1.20. The average molecular weight is 430 g/mol. The molecule has 2 aromatic heterocycles. The molecule has 11 heteroatoms. The van der Waals surface area contributed by atoms with Crippen molar-refractivity contribution in [3.8, 4) is 5.75 Å². The van der Waals surface area contributed by atoms with Crippen molar-refractivity contribution in [2.24, 2.45) is 5.73 Å². The maximum atomic E-state index is 14.1. The van der Waals surface area contributed by atoms with Gasteiger partial charge in [-0.25, -0.2) is 18.7 Å². The molecule has 3 heterocycles. The van der Waals surface area contributed by atoms with Crippen molar-refractivity contribution < 1.29 is 24.1 Å². The number of nitrogens with one attached hydrogen (secondary N) is 1. The van der Waals surface area contributed by atoms with Crippen LogP contribution < -0.4 is 20.7 Å². The van der Waals surface area contributed by atoms with Crippen LogP contribution >= 0.6 is 0 Å². The molecule has 0 saturated heterocycles. The molecule has 0 spiro atoms. The van der Waals surface area contributed by atoms with Crippen molar-refractivity contribution in [2.45, 2.75) is 25.4 Å². The van der Waals surface area contributed by atoms with E-state index in [-0.39, 0.29) is 24.9 Å². The van der Waals surface area contributed by atoms with Gasteiger partial charge in [0.2, 0.25) is 0 Å². The second-order valence-electron chi connectivity index (χ2n) is 7.40. The number of amides is 1. The zero-order valence-electron chi connectivity index (χ0n) is 16.8. The minimum absolute atomic E-state index is 0.0946. The molecular weight excluding hydrogens is 407 g/mol. The Bertz CT molecular complexity index is 1120. The van der Waals surface area contributed by atoms with E-state index in [0.717, 1.165) is 5.56 Å². The van der Waals surface area contributed by atoms with Crippen LogP contribution in [0, 0.1) is 5.82 Å². The molecule has 1 amide bonds. The zero-order chi connectivity index (χ0) is 22.1. The van der Waals surface area contributed by atoms with E-state index in [9.17, 15) is 9.18 Å². The lowest BCUT2D eigenvalue weighted by Crippen LogP contribution is -2.32. The highest BCUT2D eigenvalue weighted by atomic mass is 19.1. The third-order valence-corrected chi connectivity index (χ3v) is 5.26. The van der Waals surface area contributed by atoms with Crippen LogP contribution in [0.15, 0.2) is 30.6 Å². The molecule has 2 atom stereocenters. The monoisotopic (exact) mass is 430 g/mol. The van der Waals surface area contributed by atoms with E-state index in [1.807, 2.05) is 18.0 Å². The van der Waals surface area contributed by atoms with Crippen LogP contribution in [0.2, 0.25) is 0 Å². The van der Waals surface area contributed by atoms with E-state index in [1.165, 1.54) is 22.8 Å². The number of carbonyl (C=O) groups is 1. The van der Waals surface area contributed by atoms with E-state index in [0.29, 0.717) is 35.7 Å². The third-order valence-electron chi connectivity index (χ3n) is 5.26. The number of hydrogen-bond acceptors (Lipinski definition) is 7. The number of aliphatic hydroxyl groups is 1. The van der Waals surface area contributed by atoms with Gasteiger partial charge in [-0.2, -0.15) is 5.10 Å². The lowest BCUT2D eigenvalue weighted by atomic mass is 10.1. The second kappa shape index (κ2) is 8.36. The Hall–Kier alpha value is -3.44. The smallest absolute Gasteiger partial charge is 0.409 e. The van der Waals surface area contributed by atoms with E-state index >= 15 is 0 Å². The topological polar surface area (TPSA) is 138 Å². The van der Waals surface area contributed by atoms with Crippen molar-refractivity contribution in [3.05, 3.63) is 47.5 Å². The molecule has 0 aliphatic carbocycles. The summed E-state index contributed by atoms with van der Waals surface area (Å²) < 4.78 is 21.3. The van der Waals surface area contributed by atoms with Gasteiger partial charge < -0.3 is 25.6 Å². The van der Waals surface area contributed by atoms with Gasteiger partial charge in [-0.3, -0.25) is 5.32 Å². The van der Waals surface area contributed by atoms with Gasteiger partial charge in [-0.15, -0.1) is 0 Å². The van der Waals surface area contributed by atoms with Crippen LogP contribution in [0.1, 0.15) is 24.1 Å². The lowest BCUT2D eigenvalue weighted by molar-refractivity contribution is 0.205. The van der Waals surface area contributed by atoms with E-state index in [4.69, 9.17) is 20.7 Å². The molecule has 3 aromatic rings. The van der Waals surface area contributed by atoms with Gasteiger partial charge in [0.15, 0.2) is 5.65 Å². The Morgan fingerprint density at radius 1 is 1.45 bits per heavy atom. The molecule has 10 nitrogen and oxygen atoms in total. The highest BCUT2D eigenvalue weighted by Gasteiger charge is 2.29. The SMILES string of the molecule is C[C@H](c1cc(F)ccc1OCC(N)CO)N1CCc2cn3ncc(NC(=O)O)c3nc21. The average Bonchev–Trinajstić information content (AvgIpc) is 3.33. The van der Waals surface area contributed by atoms with Crippen molar-refractivity contribution in [2.75, 3.05) is 30.0 Å². The van der Waals surface area contributed by atoms with Gasteiger partial charge in [0.25, 0.3) is 0 Å². The number of benzene rings is 1. The summed E-state index contributed by atoms with van der Waals surface area (Å²) >= 11 is 0. The van der Waals surface area contributed by atoms with Crippen LogP contribution in [0.4, 0.5) is 20.7 Å². The van der Waals surface area contributed by atoms with Crippen LogP contribution in [0.5, 0.6) is 5.75 Å². The number of ether oxygens (including phenoxy) is 1. The number of hydrogen-bond donors (Lipinski definition) is 4. The summed E-state index contributed by atoms with van der Waals surface area (Å²) in [5.74, 6) is 0.758. The summed E-state index contributed by atoms with van der Waals surface area (Å²) in [6.07, 6.45) is 2.73. The molecule has 31 heavy (non-hydrogen) atoms. The zero-order valence-corrected chi connectivity index (χ0v) is 16.8. The standard InChI is InChI=1S/C20H23FN6O4/c1-11(15-6-13(21)2-3-17(15)31-10-14(22)9-28)26-5-4-12-8-27-19(25-18(12)26)16(7-23-27)24-20(29)30/h2-3,6-8,11,14,24,28H,4-5,9-10,22H2,1H3,(H,29,30)/t11-,14?/m1/s1. The van der Waals surface area contributed by atoms with Crippen LogP contribution in [0.3, 0.4) is 0 Å². The summed E-state index contributed by atoms with van der Waals surface area (Å²) in [5.41, 5.74) is 7.96. The number of aromatic nitrogens is 3. The molecule has 1 unspecified atom stereocenters. The summed E-state index contributed by atoms with van der Waals surface area (Å²) in [7, 11) is 0. The number of halogens is 1. The Kier molecular flexibility index (Phi) is 5.61. The summed E-state index contributed by atoms with van der Waals surface area (Å²) in [5, 5.41) is 24.6. The number of nitrogens with two attached hydrogens (primary N) is 1. The minimum Gasteiger partial charge on any atom is -0.492 e. The highest BCUT2D eigenvalue weighted by molar-refractivity contribution is 5.88. The van der Waals surface area contributed by atoms with Gasteiger partial charge in [0, 0.05) is 23.9 Å². The number of aliphatic hydroxyl groups excluding tert-OH is 1. The first kappa shape index (κ1) is 20.8. The largest absolute Gasteiger partial charge is 0.492 e. The van der Waals surface area contributed by atoms with E-state index in [1.54, 1.807) is 6.07 Å². The number of rotatable bonds is 7. The number of nitrogens with zero attached hydrogens (tertiary/aromatic N) is 4. The second-order valence-corrected chi connectivity index (χ2v) is 7.40. The van der Waals surface area contributed by atoms with Gasteiger partial charge >= 0.3 is 6.09 Å². The van der Waals surface area contributed by atoms with Crippen molar-refractivity contribution in [1.82, 2.24) is 14.6 Å². The number of fused-ring (bicyclic) bond motifs is 2. The number of carboxylic acid groups (broad SMARTS) is 1. The number of anilines is 2. The van der Waals surface area contributed by atoms with Crippen molar-refractivity contribution in [1.29, 1.82) is 0 Å². The van der Waals surface area contributed by atoms with Gasteiger partial charge in [0.1, 0.15) is 29.7 Å². The Morgan fingerprint density at radius 2 is 2.26 bits per heavy atom. The molecule has 0 fully saturated rings. The predicted molar refractivity (Wildman–Crippen MR) is 111 cm³/mol. The fourth-order valence-electron chi connectivity index (χ4n) is 3.69. The molecular formula is C20H23FN6O4. The maximum Gasteiger partial charge on any atom is 0.409 e. The molecule has 5 N–H and O–H groups in total. The fraction of sp³-hybridized carbons (Fsp3) is 0.350. The Labute approximate surface area is 177 Å². The molecule has 4 rings (SSSR count). The first-order valence-corrected chi connectivity index (χ1v) is 9.80. The van der Waals surface area contributed by atoms with E-state index < -0.39 is 18.0 Å². The molecule has 0 saturated carbocycles. The molecule has 0 radical (unpaired) electrons. The third kappa shape index (κ3) is 4.09. The molecule has 1 aliphatic heterocycles. The summed E-state index contributed by atoms with van der Waals surface area (Å²) in [6, 6.07) is 3.44. The quantitative estimate of drug-likeness (QED) is 0.445. The van der Waals surface area contributed by atoms with Gasteiger partial charge in [0.05, 0.1) is 24.9 Å². The van der Waals surface area contributed by atoms with Crippen LogP contribution in [0.25, 0.3) is 5.65 Å². The maximum absolute atomic E-state index is 14.1. The predicted octanol–water partition coefficient (Wildman–Crippen LogP) is 1.78. The van der Waals surface area contributed by atoms with Gasteiger partial charge in [-0.05, 0) is 31.5 Å². The fourth-order valence-corrected chi connectivity index (χ4v) is 3.69. The molecule has 164 valence electrons. The normalized spacial score (nSPS) is 15.0. The lowest BCUT2D eigenvalue weighted by Gasteiger charge is -2.28. The van der Waals surface area contributed by atoms with Gasteiger partial charge in [-0.1, -0.05) is 0 Å².